The van der Waals surface area contributed by atoms with E-state index < -0.39 is 12.1 Å². The first-order valence-corrected chi connectivity index (χ1v) is 7.15. The smallest absolute Gasteiger partial charge is 0.475 e. The maximum absolute atomic E-state index is 10.6. The van der Waals surface area contributed by atoms with Gasteiger partial charge in [-0.15, -0.1) is 0 Å². The van der Waals surface area contributed by atoms with Gasteiger partial charge in [-0.1, -0.05) is 0 Å². The normalized spacial score (nSPS) is 28.0. The van der Waals surface area contributed by atoms with E-state index >= 15 is 0 Å². The Kier molecular flexibility index (Phi) is 6.89. The van der Waals surface area contributed by atoms with Crippen LogP contribution in [0.3, 0.4) is 0 Å². The zero-order chi connectivity index (χ0) is 16.0. The van der Waals surface area contributed by atoms with Crippen LogP contribution in [-0.4, -0.2) is 72.9 Å². The van der Waals surface area contributed by atoms with Gasteiger partial charge in [0.2, 0.25) is 0 Å². The molecule has 3 N–H and O–H groups in total. The molecule has 0 radical (unpaired) electrons. The van der Waals surface area contributed by atoms with Crippen LogP contribution in [0, 0.1) is 5.92 Å². The van der Waals surface area contributed by atoms with Crippen molar-refractivity contribution >= 4 is 5.97 Å². The number of nitrogens with two attached hydrogens (primary N) is 1. The third kappa shape index (κ3) is 7.10. The van der Waals surface area contributed by atoms with Crippen LogP contribution in [0.15, 0.2) is 0 Å². The van der Waals surface area contributed by atoms with Crippen LogP contribution in [0.5, 0.6) is 0 Å². The van der Waals surface area contributed by atoms with Crippen LogP contribution in [0.1, 0.15) is 19.3 Å². The molecule has 5 nitrogen and oxygen atoms in total. The van der Waals surface area contributed by atoms with E-state index in [1.54, 1.807) is 0 Å². The summed E-state index contributed by atoms with van der Waals surface area (Å²) >= 11 is 0. The van der Waals surface area contributed by atoms with Crippen molar-refractivity contribution in [3.8, 4) is 0 Å². The van der Waals surface area contributed by atoms with Crippen molar-refractivity contribution < 1.29 is 23.1 Å². The van der Waals surface area contributed by atoms with Gasteiger partial charge in [-0.25, -0.2) is 4.79 Å². The highest BCUT2D eigenvalue weighted by atomic mass is 19.4. The number of nitrogens with zero attached hydrogens (tertiary/aromatic N) is 2. The minimum absolute atomic E-state index is 0.493. The SMILES string of the molecule is CN1CCN(CC2CCC(N)C2)CC1.O=C(O)C(F)(F)F. The highest BCUT2D eigenvalue weighted by Crippen LogP contribution is 2.25. The molecule has 21 heavy (non-hydrogen) atoms. The fraction of sp³-hybridized carbons (Fsp3) is 0.923. The fourth-order valence-corrected chi connectivity index (χ4v) is 2.68. The Bertz CT molecular complexity index is 331. The molecule has 1 heterocycles. The predicted octanol–water partition coefficient (Wildman–Crippen LogP) is 0.994. The molecule has 0 spiro atoms. The van der Waals surface area contributed by atoms with Crippen LogP contribution >= 0.6 is 0 Å². The van der Waals surface area contributed by atoms with E-state index in [9.17, 15) is 13.2 Å². The molecular weight excluding hydrogens is 287 g/mol. The lowest BCUT2D eigenvalue weighted by molar-refractivity contribution is -0.192. The Balaban J connectivity index is 0.000000270. The van der Waals surface area contributed by atoms with Gasteiger partial charge in [0.25, 0.3) is 0 Å². The number of carboxylic acids is 1. The Morgan fingerprint density at radius 2 is 1.76 bits per heavy atom. The lowest BCUT2D eigenvalue weighted by atomic mass is 10.1. The first kappa shape index (κ1) is 18.2. The largest absolute Gasteiger partial charge is 0.490 e. The highest BCUT2D eigenvalue weighted by molar-refractivity contribution is 5.73. The Labute approximate surface area is 122 Å². The van der Waals surface area contributed by atoms with Gasteiger partial charge < -0.3 is 20.6 Å². The van der Waals surface area contributed by atoms with E-state index in [-0.39, 0.29) is 0 Å². The maximum Gasteiger partial charge on any atom is 0.490 e. The number of piperazine rings is 1. The minimum atomic E-state index is -5.08. The van der Waals surface area contributed by atoms with Crippen molar-refractivity contribution in [2.24, 2.45) is 11.7 Å². The molecule has 8 heteroatoms. The van der Waals surface area contributed by atoms with Crippen molar-refractivity contribution in [3.05, 3.63) is 0 Å². The fourth-order valence-electron chi connectivity index (χ4n) is 2.68. The zero-order valence-electron chi connectivity index (χ0n) is 12.3. The molecule has 2 unspecified atom stereocenters. The molecule has 1 aliphatic heterocycles. The number of halogens is 3. The van der Waals surface area contributed by atoms with Gasteiger partial charge in [-0.2, -0.15) is 13.2 Å². The van der Waals surface area contributed by atoms with E-state index in [0.29, 0.717) is 6.04 Å². The molecule has 2 rings (SSSR count). The number of hydrogen-bond donors (Lipinski definition) is 2. The van der Waals surface area contributed by atoms with Crippen LogP contribution in [0.4, 0.5) is 13.2 Å². The summed E-state index contributed by atoms with van der Waals surface area (Å²) in [5.41, 5.74) is 5.93. The Morgan fingerprint density at radius 3 is 2.14 bits per heavy atom. The summed E-state index contributed by atoms with van der Waals surface area (Å²) in [6, 6.07) is 0.493. The van der Waals surface area contributed by atoms with Gasteiger partial charge >= 0.3 is 12.1 Å². The lowest BCUT2D eigenvalue weighted by Crippen LogP contribution is -2.45. The van der Waals surface area contributed by atoms with Crippen molar-refractivity contribution in [1.82, 2.24) is 9.80 Å². The second-order valence-corrected chi connectivity index (χ2v) is 5.85. The average molecular weight is 311 g/mol. The van der Waals surface area contributed by atoms with Gasteiger partial charge in [0.1, 0.15) is 0 Å². The summed E-state index contributed by atoms with van der Waals surface area (Å²) in [7, 11) is 2.21. The van der Waals surface area contributed by atoms with Gasteiger partial charge in [-0.3, -0.25) is 0 Å². The topological polar surface area (TPSA) is 69.8 Å². The molecule has 2 aliphatic rings. The standard InChI is InChI=1S/C11H23N3.C2HF3O2/c1-13-4-6-14(7-5-13)9-10-2-3-11(12)8-10;3-2(4,5)1(6)7/h10-11H,2-9,12H2,1H3;(H,6,7). The van der Waals surface area contributed by atoms with Gasteiger partial charge in [0.05, 0.1) is 0 Å². The summed E-state index contributed by atoms with van der Waals surface area (Å²) in [5, 5.41) is 7.12. The monoisotopic (exact) mass is 311 g/mol. The van der Waals surface area contributed by atoms with E-state index in [4.69, 9.17) is 15.6 Å². The summed E-state index contributed by atoms with van der Waals surface area (Å²) in [6.45, 7) is 6.27. The van der Waals surface area contributed by atoms with Crippen molar-refractivity contribution in [3.63, 3.8) is 0 Å². The van der Waals surface area contributed by atoms with Crippen LogP contribution in [0.25, 0.3) is 0 Å². The second kappa shape index (κ2) is 7.95. The second-order valence-electron chi connectivity index (χ2n) is 5.85. The number of carboxylic acid groups (broad SMARTS) is 1. The molecule has 0 amide bonds. The zero-order valence-corrected chi connectivity index (χ0v) is 12.3. The average Bonchev–Trinajstić information content (AvgIpc) is 2.77. The Morgan fingerprint density at radius 1 is 1.24 bits per heavy atom. The lowest BCUT2D eigenvalue weighted by Gasteiger charge is -2.33. The van der Waals surface area contributed by atoms with E-state index in [1.807, 2.05) is 0 Å². The van der Waals surface area contributed by atoms with Crippen LogP contribution in [-0.2, 0) is 4.79 Å². The molecular formula is C13H24F3N3O2. The molecule has 2 atom stereocenters. The number of carbonyl (C=O) groups is 1. The van der Waals surface area contributed by atoms with E-state index in [1.165, 1.54) is 52.0 Å². The van der Waals surface area contributed by atoms with Gasteiger partial charge in [0.15, 0.2) is 0 Å². The molecule has 1 saturated heterocycles. The van der Waals surface area contributed by atoms with Crippen molar-refractivity contribution in [2.45, 2.75) is 31.5 Å². The summed E-state index contributed by atoms with van der Waals surface area (Å²) in [5.74, 6) is -1.87. The first-order chi connectivity index (χ1) is 9.68. The first-order valence-electron chi connectivity index (χ1n) is 7.15. The Hall–Kier alpha value is -0.860. The van der Waals surface area contributed by atoms with E-state index in [0.717, 1.165) is 5.92 Å². The van der Waals surface area contributed by atoms with Gasteiger partial charge in [-0.05, 0) is 32.2 Å². The number of hydrogen-bond acceptors (Lipinski definition) is 4. The number of aliphatic carboxylic acids is 1. The third-order valence-electron chi connectivity index (χ3n) is 3.94. The van der Waals surface area contributed by atoms with Gasteiger partial charge in [0, 0.05) is 38.8 Å². The number of rotatable bonds is 2. The third-order valence-corrected chi connectivity index (χ3v) is 3.94. The molecule has 0 aromatic heterocycles. The summed E-state index contributed by atoms with van der Waals surface area (Å²) in [4.78, 5) is 13.9. The number of likely N-dealkylation sites (N-methyl/N-ethyl adjacent to an activating group) is 1. The molecule has 1 saturated carbocycles. The molecule has 1 aliphatic carbocycles. The molecule has 2 fully saturated rings. The van der Waals surface area contributed by atoms with Crippen LogP contribution < -0.4 is 5.73 Å². The summed E-state index contributed by atoms with van der Waals surface area (Å²) in [6.07, 6.45) is -1.22. The molecule has 0 aromatic carbocycles. The molecule has 124 valence electrons. The molecule has 0 aromatic rings. The summed E-state index contributed by atoms with van der Waals surface area (Å²) < 4.78 is 31.7. The number of alkyl halides is 3. The van der Waals surface area contributed by atoms with Crippen LogP contribution in [0.2, 0.25) is 0 Å². The van der Waals surface area contributed by atoms with Crippen molar-refractivity contribution in [1.29, 1.82) is 0 Å². The maximum atomic E-state index is 10.6. The predicted molar refractivity (Wildman–Crippen MR) is 72.9 cm³/mol. The molecule has 0 bridgehead atoms. The van der Waals surface area contributed by atoms with Crippen molar-refractivity contribution in [2.75, 3.05) is 39.8 Å². The highest BCUT2D eigenvalue weighted by Gasteiger charge is 2.38. The minimum Gasteiger partial charge on any atom is -0.475 e. The van der Waals surface area contributed by atoms with E-state index in [2.05, 4.69) is 16.8 Å². The quantitative estimate of drug-likeness (QED) is 0.796.